The predicted octanol–water partition coefficient (Wildman–Crippen LogP) is 4.43. The Morgan fingerprint density at radius 3 is 2.52 bits per heavy atom. The number of carbonyl (C=O) groups excluding carboxylic acids is 1. The average Bonchev–Trinajstić information content (AvgIpc) is 3.25. The van der Waals surface area contributed by atoms with Gasteiger partial charge in [0.15, 0.2) is 22.9 Å². The van der Waals surface area contributed by atoms with Gasteiger partial charge in [-0.25, -0.2) is 14.6 Å². The maximum atomic E-state index is 14.0. The van der Waals surface area contributed by atoms with Gasteiger partial charge in [0.1, 0.15) is 5.75 Å². The second kappa shape index (κ2) is 13.9. The van der Waals surface area contributed by atoms with Gasteiger partial charge in [-0.1, -0.05) is 30.7 Å². The van der Waals surface area contributed by atoms with Crippen LogP contribution in [-0.4, -0.2) is 49.0 Å². The molecule has 0 aliphatic carbocycles. The first-order valence-corrected chi connectivity index (χ1v) is 15.6. The molecule has 0 saturated heterocycles. The number of aromatic nitrogens is 1. The van der Waals surface area contributed by atoms with Gasteiger partial charge in [0.2, 0.25) is 0 Å². The van der Waals surface area contributed by atoms with Gasteiger partial charge in [-0.05, 0) is 93.3 Å². The number of ether oxygens (including phenoxy) is 4. The van der Waals surface area contributed by atoms with Crippen molar-refractivity contribution >= 4 is 67.9 Å². The number of esters is 1. The summed E-state index contributed by atoms with van der Waals surface area (Å²) in [5.41, 5.74) is 1.92. The Hall–Kier alpha value is -3.17. The number of aliphatic carboxylic acids is 1. The standard InChI is InChI=1S/C29H28BrIN2O8S/c1-5-7-19-24(28(37)40-6-2)25(16-8-9-20(38-3)17(30)13-16)33-27(36)22(42-29(33)32-19)12-15-10-18(31)26(21(11-15)39-4)41-14-23(34)35/h8-13,25H,5-7,14H2,1-4H3,(H,34,35)/b22-12-/t25-/m0/s1. The lowest BCUT2D eigenvalue weighted by Gasteiger charge is -2.26. The number of carboxylic acids is 1. The second-order valence-corrected chi connectivity index (χ2v) is 12.0. The molecular formula is C29H28BrIN2O8S. The van der Waals surface area contributed by atoms with Crippen LogP contribution in [0.1, 0.15) is 43.9 Å². The Morgan fingerprint density at radius 1 is 1.17 bits per heavy atom. The molecule has 1 N–H and O–H groups in total. The summed E-state index contributed by atoms with van der Waals surface area (Å²) in [4.78, 5) is 43.7. The van der Waals surface area contributed by atoms with Crippen LogP contribution in [0, 0.1) is 3.57 Å². The van der Waals surface area contributed by atoms with E-state index in [0.717, 1.165) is 6.42 Å². The molecule has 2 heterocycles. The van der Waals surface area contributed by atoms with Crippen molar-refractivity contribution in [1.82, 2.24) is 4.57 Å². The van der Waals surface area contributed by atoms with Gasteiger partial charge in [0.25, 0.3) is 5.56 Å². The van der Waals surface area contributed by atoms with Crippen LogP contribution in [0.5, 0.6) is 17.2 Å². The van der Waals surface area contributed by atoms with Crippen molar-refractivity contribution in [3.63, 3.8) is 0 Å². The highest BCUT2D eigenvalue weighted by Gasteiger charge is 2.34. The third-order valence-electron chi connectivity index (χ3n) is 6.27. The average molecular weight is 771 g/mol. The number of fused-ring (bicyclic) bond motifs is 1. The number of carboxylic acid groups (broad SMARTS) is 1. The zero-order valence-corrected chi connectivity index (χ0v) is 27.8. The van der Waals surface area contributed by atoms with Gasteiger partial charge in [-0.2, -0.15) is 0 Å². The number of benzene rings is 2. The van der Waals surface area contributed by atoms with E-state index in [0.29, 0.717) is 63.4 Å². The van der Waals surface area contributed by atoms with Crippen molar-refractivity contribution in [2.75, 3.05) is 27.4 Å². The monoisotopic (exact) mass is 770 g/mol. The number of hydrogen-bond donors (Lipinski definition) is 1. The summed E-state index contributed by atoms with van der Waals surface area (Å²) in [6.07, 6.45) is 2.98. The summed E-state index contributed by atoms with van der Waals surface area (Å²) >= 11 is 6.78. The van der Waals surface area contributed by atoms with Gasteiger partial charge in [0.05, 0.1) is 50.7 Å². The Balaban J connectivity index is 1.94. The largest absolute Gasteiger partial charge is 0.496 e. The Bertz CT molecular complexity index is 1750. The van der Waals surface area contributed by atoms with E-state index in [1.807, 2.05) is 41.6 Å². The van der Waals surface area contributed by atoms with Crippen molar-refractivity contribution in [3.8, 4) is 17.2 Å². The molecular weight excluding hydrogens is 743 g/mol. The first-order valence-electron chi connectivity index (χ1n) is 12.9. The minimum Gasteiger partial charge on any atom is -0.496 e. The molecule has 1 aliphatic rings. The molecule has 0 radical (unpaired) electrons. The number of allylic oxidation sites excluding steroid dienone is 1. The second-order valence-electron chi connectivity index (χ2n) is 9.02. The molecule has 1 aromatic heterocycles. The van der Waals surface area contributed by atoms with Gasteiger partial charge in [-0.3, -0.25) is 9.36 Å². The maximum Gasteiger partial charge on any atom is 0.341 e. The van der Waals surface area contributed by atoms with Crippen LogP contribution in [0.25, 0.3) is 6.08 Å². The number of carbonyl (C=O) groups is 2. The minimum atomic E-state index is -1.11. The van der Waals surface area contributed by atoms with Crippen LogP contribution in [0.2, 0.25) is 0 Å². The SMILES string of the molecule is CCCC1=C(C(=O)OCC)[C@H](c2ccc(OC)c(Br)c2)n2c(s/c(=C\c3cc(I)c(OCC(=O)O)c(OC)c3)c2=O)=N1. The molecule has 0 amide bonds. The summed E-state index contributed by atoms with van der Waals surface area (Å²) in [6, 6.07) is 8.10. The van der Waals surface area contributed by atoms with Gasteiger partial charge < -0.3 is 24.1 Å². The van der Waals surface area contributed by atoms with Crippen LogP contribution in [0.3, 0.4) is 0 Å². The third kappa shape index (κ3) is 6.57. The minimum absolute atomic E-state index is 0.178. The summed E-state index contributed by atoms with van der Waals surface area (Å²) in [7, 11) is 3.02. The predicted molar refractivity (Wildman–Crippen MR) is 169 cm³/mol. The number of halogens is 2. The fraction of sp³-hybridized carbons (Fsp3) is 0.310. The van der Waals surface area contributed by atoms with E-state index in [-0.39, 0.29) is 12.2 Å². The molecule has 0 spiro atoms. The Kier molecular flexibility index (Phi) is 10.5. The molecule has 222 valence electrons. The van der Waals surface area contributed by atoms with Crippen LogP contribution in [0.4, 0.5) is 0 Å². The highest BCUT2D eigenvalue weighted by molar-refractivity contribution is 14.1. The molecule has 4 rings (SSSR count). The highest BCUT2D eigenvalue weighted by Crippen LogP contribution is 2.37. The number of hydrogen-bond acceptors (Lipinski definition) is 9. The van der Waals surface area contributed by atoms with E-state index in [1.165, 1.54) is 23.0 Å². The van der Waals surface area contributed by atoms with E-state index in [9.17, 15) is 14.4 Å². The van der Waals surface area contributed by atoms with Gasteiger partial charge in [0, 0.05) is 0 Å². The van der Waals surface area contributed by atoms with E-state index >= 15 is 0 Å². The molecule has 10 nitrogen and oxygen atoms in total. The van der Waals surface area contributed by atoms with E-state index in [4.69, 9.17) is 29.0 Å². The van der Waals surface area contributed by atoms with Crippen LogP contribution in [0.15, 0.2) is 55.9 Å². The first kappa shape index (κ1) is 31.8. The number of methoxy groups -OCH3 is 2. The van der Waals surface area contributed by atoms with Crippen molar-refractivity contribution in [3.05, 3.63) is 80.5 Å². The quantitative estimate of drug-likeness (QED) is 0.225. The lowest BCUT2D eigenvalue weighted by atomic mass is 9.94. The lowest BCUT2D eigenvalue weighted by Crippen LogP contribution is -2.40. The zero-order chi connectivity index (χ0) is 30.6. The first-order chi connectivity index (χ1) is 20.1. The molecule has 3 aromatic rings. The number of rotatable bonds is 11. The van der Waals surface area contributed by atoms with Gasteiger partial charge in [-0.15, -0.1) is 0 Å². The van der Waals surface area contributed by atoms with Crippen LogP contribution >= 0.6 is 49.9 Å². The van der Waals surface area contributed by atoms with Crippen molar-refractivity contribution in [1.29, 1.82) is 0 Å². The molecule has 1 atom stereocenters. The Labute approximate surface area is 267 Å². The topological polar surface area (TPSA) is 126 Å². The lowest BCUT2D eigenvalue weighted by molar-refractivity contribution is -0.140. The fourth-order valence-corrected chi connectivity index (χ4v) is 6.90. The molecule has 42 heavy (non-hydrogen) atoms. The molecule has 2 aromatic carbocycles. The van der Waals surface area contributed by atoms with E-state index in [2.05, 4.69) is 15.9 Å². The van der Waals surface area contributed by atoms with Crippen molar-refractivity contribution < 1.29 is 33.6 Å². The maximum absolute atomic E-state index is 14.0. The zero-order valence-electron chi connectivity index (χ0n) is 23.2. The summed E-state index contributed by atoms with van der Waals surface area (Å²) in [5.74, 6) is -0.389. The molecule has 0 fully saturated rings. The summed E-state index contributed by atoms with van der Waals surface area (Å²) in [5, 5.41) is 9.01. The van der Waals surface area contributed by atoms with Crippen LogP contribution in [-0.2, 0) is 14.3 Å². The molecule has 0 saturated carbocycles. The van der Waals surface area contributed by atoms with E-state index < -0.39 is 24.6 Å². The molecule has 0 bridgehead atoms. The van der Waals surface area contributed by atoms with Crippen molar-refractivity contribution in [2.45, 2.75) is 32.7 Å². The fourth-order valence-electron chi connectivity index (χ4n) is 4.54. The van der Waals surface area contributed by atoms with Crippen molar-refractivity contribution in [2.24, 2.45) is 4.99 Å². The smallest absolute Gasteiger partial charge is 0.341 e. The molecule has 0 unspecified atom stereocenters. The van der Waals surface area contributed by atoms with Gasteiger partial charge >= 0.3 is 11.9 Å². The molecule has 13 heteroatoms. The normalized spacial score (nSPS) is 14.7. The Morgan fingerprint density at radius 2 is 1.90 bits per heavy atom. The number of thiazole rings is 1. The third-order valence-corrected chi connectivity index (χ3v) is 8.68. The van der Waals surface area contributed by atoms with E-state index in [1.54, 1.807) is 38.3 Å². The number of nitrogens with zero attached hydrogens (tertiary/aromatic N) is 2. The summed E-state index contributed by atoms with van der Waals surface area (Å²) in [6.45, 7) is 3.39. The highest BCUT2D eigenvalue weighted by atomic mass is 127. The molecule has 1 aliphatic heterocycles. The summed E-state index contributed by atoms with van der Waals surface area (Å²) < 4.78 is 24.9. The van der Waals surface area contributed by atoms with Crippen LogP contribution < -0.4 is 29.1 Å².